The first-order valence-corrected chi connectivity index (χ1v) is 6.69. The quantitative estimate of drug-likeness (QED) is 0.592. The Hall–Kier alpha value is -1.59. The number of nitrogens with two attached hydrogens (primary N) is 1. The van der Waals surface area contributed by atoms with Crippen LogP contribution in [-0.4, -0.2) is 29.8 Å². The molecule has 19 heavy (non-hydrogen) atoms. The summed E-state index contributed by atoms with van der Waals surface area (Å²) in [6.45, 7) is 7.06. The summed E-state index contributed by atoms with van der Waals surface area (Å²) in [6, 6.07) is -1.36. The zero-order valence-corrected chi connectivity index (χ0v) is 12.2. The molecule has 0 aliphatic carbocycles. The first kappa shape index (κ1) is 17.4. The van der Waals surface area contributed by atoms with Gasteiger partial charge in [0.1, 0.15) is 12.1 Å². The van der Waals surface area contributed by atoms with Crippen molar-refractivity contribution in [3.63, 3.8) is 0 Å². The van der Waals surface area contributed by atoms with E-state index in [4.69, 9.17) is 5.73 Å². The van der Waals surface area contributed by atoms with E-state index in [0.717, 1.165) is 12.8 Å². The highest BCUT2D eigenvalue weighted by Gasteiger charge is 2.22. The van der Waals surface area contributed by atoms with E-state index in [9.17, 15) is 14.4 Å². The van der Waals surface area contributed by atoms with Gasteiger partial charge in [0, 0.05) is 5.92 Å². The Balaban J connectivity index is 4.38. The fraction of sp³-hybridized carbons (Fsp3) is 0.769. The molecule has 0 aliphatic heterocycles. The molecular formula is C13H25N3O3. The highest BCUT2D eigenvalue weighted by atomic mass is 16.2. The monoisotopic (exact) mass is 271 g/mol. The molecule has 0 heterocycles. The molecular weight excluding hydrogens is 246 g/mol. The maximum Gasteiger partial charge on any atom is 0.242 e. The Morgan fingerprint density at radius 3 is 2.05 bits per heavy atom. The zero-order valence-electron chi connectivity index (χ0n) is 12.2. The molecule has 0 bridgehead atoms. The van der Waals surface area contributed by atoms with Crippen LogP contribution in [-0.2, 0) is 14.4 Å². The Morgan fingerprint density at radius 2 is 1.63 bits per heavy atom. The van der Waals surface area contributed by atoms with Crippen molar-refractivity contribution in [3.8, 4) is 0 Å². The van der Waals surface area contributed by atoms with Gasteiger partial charge in [0.25, 0.3) is 0 Å². The maximum atomic E-state index is 11.8. The lowest BCUT2D eigenvalue weighted by atomic mass is 10.1. The molecule has 6 nitrogen and oxygen atoms in total. The van der Waals surface area contributed by atoms with Crippen LogP contribution in [0, 0.1) is 5.92 Å². The lowest BCUT2D eigenvalue weighted by molar-refractivity contribution is -0.132. The van der Waals surface area contributed by atoms with Gasteiger partial charge in [-0.1, -0.05) is 33.6 Å². The van der Waals surface area contributed by atoms with Crippen molar-refractivity contribution in [2.45, 2.75) is 59.0 Å². The van der Waals surface area contributed by atoms with Crippen LogP contribution in [0.3, 0.4) is 0 Å². The van der Waals surface area contributed by atoms with Crippen molar-refractivity contribution in [2.75, 3.05) is 0 Å². The fourth-order valence-electron chi connectivity index (χ4n) is 1.44. The van der Waals surface area contributed by atoms with Gasteiger partial charge in [0.05, 0.1) is 0 Å². The lowest BCUT2D eigenvalue weighted by Crippen LogP contribution is -2.52. The maximum absolute atomic E-state index is 11.8. The van der Waals surface area contributed by atoms with E-state index >= 15 is 0 Å². The predicted molar refractivity (Wildman–Crippen MR) is 73.1 cm³/mol. The van der Waals surface area contributed by atoms with Crippen LogP contribution in [0.25, 0.3) is 0 Å². The van der Waals surface area contributed by atoms with Gasteiger partial charge < -0.3 is 16.4 Å². The first-order valence-electron chi connectivity index (χ1n) is 6.69. The van der Waals surface area contributed by atoms with Crippen molar-refractivity contribution in [1.82, 2.24) is 10.6 Å². The minimum absolute atomic E-state index is 0.192. The molecule has 0 saturated carbocycles. The molecule has 0 aromatic heterocycles. The highest BCUT2D eigenvalue weighted by molar-refractivity contribution is 5.91. The topological polar surface area (TPSA) is 101 Å². The van der Waals surface area contributed by atoms with E-state index in [0.29, 0.717) is 6.42 Å². The first-order chi connectivity index (χ1) is 8.79. The number of carbonyl (C=O) groups excluding carboxylic acids is 3. The van der Waals surface area contributed by atoms with Crippen molar-refractivity contribution >= 4 is 17.7 Å². The van der Waals surface area contributed by atoms with E-state index in [2.05, 4.69) is 10.6 Å². The van der Waals surface area contributed by atoms with E-state index in [-0.39, 0.29) is 11.8 Å². The molecule has 6 heteroatoms. The second-order valence-corrected chi connectivity index (χ2v) is 4.99. The van der Waals surface area contributed by atoms with E-state index in [1.807, 2.05) is 6.92 Å². The SMILES string of the molecule is CCCCC(NC(=O)[C@H](C)NC(=O)C(C)C)C(N)=O. The van der Waals surface area contributed by atoms with Crippen LogP contribution in [0.2, 0.25) is 0 Å². The molecule has 4 N–H and O–H groups in total. The summed E-state index contributed by atoms with van der Waals surface area (Å²) in [7, 11) is 0. The third kappa shape index (κ3) is 6.79. The van der Waals surface area contributed by atoms with Crippen LogP contribution in [0.15, 0.2) is 0 Å². The number of carbonyl (C=O) groups is 3. The summed E-state index contributed by atoms with van der Waals surface area (Å²) in [5.74, 6) is -1.34. The Morgan fingerprint density at radius 1 is 1.05 bits per heavy atom. The summed E-state index contributed by atoms with van der Waals surface area (Å²) in [5, 5.41) is 5.14. The van der Waals surface area contributed by atoms with Gasteiger partial charge in [-0.2, -0.15) is 0 Å². The number of hydrogen-bond donors (Lipinski definition) is 3. The Kier molecular flexibility index (Phi) is 7.79. The van der Waals surface area contributed by atoms with Crippen LogP contribution in [0.1, 0.15) is 47.0 Å². The van der Waals surface area contributed by atoms with Gasteiger partial charge in [-0.3, -0.25) is 14.4 Å². The average molecular weight is 271 g/mol. The summed E-state index contributed by atoms with van der Waals surface area (Å²) in [4.78, 5) is 34.5. The zero-order chi connectivity index (χ0) is 15.0. The summed E-state index contributed by atoms with van der Waals surface area (Å²) >= 11 is 0. The Bertz CT molecular complexity index is 329. The molecule has 2 atom stereocenters. The number of rotatable bonds is 8. The molecule has 0 rings (SSSR count). The molecule has 110 valence electrons. The second kappa shape index (κ2) is 8.50. The van der Waals surface area contributed by atoms with Gasteiger partial charge in [-0.15, -0.1) is 0 Å². The smallest absolute Gasteiger partial charge is 0.242 e. The molecule has 0 aromatic rings. The fourth-order valence-corrected chi connectivity index (χ4v) is 1.44. The van der Waals surface area contributed by atoms with Gasteiger partial charge >= 0.3 is 0 Å². The number of nitrogens with one attached hydrogen (secondary N) is 2. The largest absolute Gasteiger partial charge is 0.368 e. The second-order valence-electron chi connectivity index (χ2n) is 4.99. The molecule has 0 fully saturated rings. The average Bonchev–Trinajstić information content (AvgIpc) is 2.33. The van der Waals surface area contributed by atoms with Crippen molar-refractivity contribution in [2.24, 2.45) is 11.7 Å². The normalized spacial score (nSPS) is 13.7. The number of unbranched alkanes of at least 4 members (excludes halogenated alkanes) is 1. The number of primary amides is 1. The van der Waals surface area contributed by atoms with E-state index in [1.165, 1.54) is 0 Å². The number of amides is 3. The summed E-state index contributed by atoms with van der Waals surface area (Å²) in [5.41, 5.74) is 5.23. The molecule has 1 unspecified atom stereocenters. The molecule has 0 spiro atoms. The third-order valence-corrected chi connectivity index (χ3v) is 2.78. The van der Waals surface area contributed by atoms with Crippen molar-refractivity contribution < 1.29 is 14.4 Å². The highest BCUT2D eigenvalue weighted by Crippen LogP contribution is 2.01. The van der Waals surface area contributed by atoms with Gasteiger partial charge in [-0.05, 0) is 13.3 Å². The van der Waals surface area contributed by atoms with E-state index in [1.54, 1.807) is 20.8 Å². The standard InChI is InChI=1S/C13H25N3O3/c1-5-6-7-10(11(14)17)16-13(19)9(4)15-12(18)8(2)3/h8-10H,5-7H2,1-4H3,(H2,14,17)(H,15,18)(H,16,19)/t9-,10?/m0/s1. The molecule has 0 aromatic carbocycles. The molecule has 3 amide bonds. The minimum Gasteiger partial charge on any atom is -0.368 e. The van der Waals surface area contributed by atoms with Gasteiger partial charge in [0.15, 0.2) is 0 Å². The predicted octanol–water partition coefficient (Wildman–Crippen LogP) is 0.307. The van der Waals surface area contributed by atoms with Crippen LogP contribution >= 0.6 is 0 Å². The third-order valence-electron chi connectivity index (χ3n) is 2.78. The Labute approximate surface area is 114 Å². The lowest BCUT2D eigenvalue weighted by Gasteiger charge is -2.19. The van der Waals surface area contributed by atoms with Crippen molar-refractivity contribution in [3.05, 3.63) is 0 Å². The van der Waals surface area contributed by atoms with Crippen LogP contribution < -0.4 is 16.4 Å². The molecule has 0 aliphatic rings. The van der Waals surface area contributed by atoms with Crippen LogP contribution in [0.4, 0.5) is 0 Å². The molecule has 0 saturated heterocycles. The minimum atomic E-state index is -0.682. The van der Waals surface area contributed by atoms with E-state index < -0.39 is 23.9 Å². The van der Waals surface area contributed by atoms with Gasteiger partial charge in [0.2, 0.25) is 17.7 Å². The van der Waals surface area contributed by atoms with Crippen LogP contribution in [0.5, 0.6) is 0 Å². The summed E-state index contributed by atoms with van der Waals surface area (Å²) < 4.78 is 0. The summed E-state index contributed by atoms with van der Waals surface area (Å²) in [6.07, 6.45) is 2.24. The van der Waals surface area contributed by atoms with Gasteiger partial charge in [-0.25, -0.2) is 0 Å². The molecule has 0 radical (unpaired) electrons. The number of hydrogen-bond acceptors (Lipinski definition) is 3. The van der Waals surface area contributed by atoms with Crippen molar-refractivity contribution in [1.29, 1.82) is 0 Å².